The van der Waals surface area contributed by atoms with Crippen molar-refractivity contribution in [2.75, 3.05) is 13.2 Å². The van der Waals surface area contributed by atoms with Crippen LogP contribution in [0.1, 0.15) is 55.4 Å². The summed E-state index contributed by atoms with van der Waals surface area (Å²) < 4.78 is 50.1. The predicted molar refractivity (Wildman–Crippen MR) is 149 cm³/mol. The second-order valence-electron chi connectivity index (χ2n) is 10.6. The molecule has 0 aromatic carbocycles. The number of nitrogens with one attached hydrogen (secondary N) is 2. The van der Waals surface area contributed by atoms with Gasteiger partial charge in [-0.2, -0.15) is 0 Å². The molecule has 19 heteroatoms. The fourth-order valence-electron chi connectivity index (χ4n) is 4.95. The van der Waals surface area contributed by atoms with Crippen LogP contribution in [0.3, 0.4) is 0 Å². The molecule has 2 fully saturated rings. The first kappa shape index (κ1) is 38.8. The summed E-state index contributed by atoms with van der Waals surface area (Å²) in [5.74, 6) is -6.25. The van der Waals surface area contributed by atoms with Crippen LogP contribution >= 0.6 is 0 Å². The van der Waals surface area contributed by atoms with Crippen LogP contribution in [0, 0.1) is 0 Å². The smallest absolute Gasteiger partial charge is 0.305 e. The van der Waals surface area contributed by atoms with Gasteiger partial charge in [0.25, 0.3) is 0 Å². The third-order valence-corrected chi connectivity index (χ3v) is 6.41. The number of hydrogen-bond donors (Lipinski definition) is 2. The molecule has 2 heterocycles. The van der Waals surface area contributed by atoms with Crippen LogP contribution in [0.2, 0.25) is 0 Å². The minimum Gasteiger partial charge on any atom is -0.463 e. The number of rotatable bonds is 12. The minimum absolute atomic E-state index is 0.549. The van der Waals surface area contributed by atoms with Crippen molar-refractivity contribution in [1.82, 2.24) is 10.6 Å². The van der Waals surface area contributed by atoms with Crippen molar-refractivity contribution in [2.45, 2.75) is 117 Å². The van der Waals surface area contributed by atoms with E-state index in [1.54, 1.807) is 0 Å². The van der Waals surface area contributed by atoms with E-state index in [2.05, 4.69) is 10.6 Å². The second-order valence-corrected chi connectivity index (χ2v) is 10.6. The van der Waals surface area contributed by atoms with E-state index in [0.29, 0.717) is 0 Å². The maximum Gasteiger partial charge on any atom is 0.305 e. The lowest BCUT2D eigenvalue weighted by atomic mass is 9.94. The van der Waals surface area contributed by atoms with E-state index in [1.807, 2.05) is 0 Å². The van der Waals surface area contributed by atoms with Crippen molar-refractivity contribution in [3.05, 3.63) is 0 Å². The number of esters is 6. The molecule has 19 nitrogen and oxygen atoms in total. The highest BCUT2D eigenvalue weighted by atomic mass is 16.8. The van der Waals surface area contributed by atoms with Crippen molar-refractivity contribution < 1.29 is 81.0 Å². The monoisotopic (exact) mass is 676 g/mol. The Morgan fingerprint density at radius 3 is 1.23 bits per heavy atom. The van der Waals surface area contributed by atoms with Crippen LogP contribution in [0.4, 0.5) is 0 Å². The maximum absolute atomic E-state index is 12.4. The molecular formula is C28H40N2O17. The lowest BCUT2D eigenvalue weighted by molar-refractivity contribution is -0.330. The van der Waals surface area contributed by atoms with E-state index in [-0.39, 0.29) is 0 Å². The topological polar surface area (TPSA) is 244 Å². The molecule has 0 saturated carbocycles. The lowest BCUT2D eigenvalue weighted by Gasteiger charge is -2.49. The van der Waals surface area contributed by atoms with E-state index < -0.39 is 122 Å². The Hall–Kier alpha value is -4.36. The Morgan fingerprint density at radius 1 is 0.468 bits per heavy atom. The van der Waals surface area contributed by atoms with E-state index in [4.69, 9.17) is 42.6 Å². The van der Waals surface area contributed by atoms with Crippen molar-refractivity contribution in [2.24, 2.45) is 0 Å². The average Bonchev–Trinajstić information content (AvgIpc) is 2.91. The molecule has 0 aromatic heterocycles. The Morgan fingerprint density at radius 2 is 0.830 bits per heavy atom. The lowest BCUT2D eigenvalue weighted by Crippen LogP contribution is -2.70. The maximum atomic E-state index is 12.4. The minimum atomic E-state index is -1.69. The molecule has 0 spiro atoms. The van der Waals surface area contributed by atoms with Crippen LogP contribution in [0.5, 0.6) is 0 Å². The molecule has 2 saturated heterocycles. The van der Waals surface area contributed by atoms with Crippen molar-refractivity contribution in [3.8, 4) is 0 Å². The summed E-state index contributed by atoms with van der Waals surface area (Å²) in [5, 5.41) is 5.02. The molecule has 2 amide bonds. The van der Waals surface area contributed by atoms with Crippen molar-refractivity contribution in [3.63, 3.8) is 0 Å². The molecule has 0 aromatic rings. The molecule has 2 aliphatic rings. The average molecular weight is 677 g/mol. The van der Waals surface area contributed by atoms with Gasteiger partial charge in [0.15, 0.2) is 24.6 Å². The summed E-state index contributed by atoms with van der Waals surface area (Å²) in [6.45, 7) is 7.56. The Bertz CT molecular complexity index is 1210. The molecule has 0 aliphatic carbocycles. The van der Waals surface area contributed by atoms with Gasteiger partial charge in [0, 0.05) is 55.4 Å². The van der Waals surface area contributed by atoms with Gasteiger partial charge in [-0.3, -0.25) is 38.4 Å². The zero-order valence-electron chi connectivity index (χ0n) is 27.1. The molecule has 0 radical (unpaired) electrons. The SMILES string of the molecule is CC(=O)N[C@H]1[C@H](O[C@H]2[C@@H](OC(C)=O)[C@@H](NC(C)=O)[C@H](OC(C)=O)O[C@@H]2COC(C)=O)O[C@H](COC(C)=O)[C@@H](OC(C)=O)[C@H]1OC(C)=O. The molecule has 2 N–H and O–H groups in total. The zero-order valence-corrected chi connectivity index (χ0v) is 27.1. The van der Waals surface area contributed by atoms with Gasteiger partial charge >= 0.3 is 35.8 Å². The van der Waals surface area contributed by atoms with Gasteiger partial charge in [-0.25, -0.2) is 0 Å². The highest BCUT2D eigenvalue weighted by molar-refractivity contribution is 5.74. The van der Waals surface area contributed by atoms with Gasteiger partial charge in [-0.1, -0.05) is 0 Å². The van der Waals surface area contributed by atoms with Gasteiger partial charge in [-0.05, 0) is 0 Å². The molecular weight excluding hydrogens is 636 g/mol. The summed E-state index contributed by atoms with van der Waals surface area (Å²) in [5.41, 5.74) is 0. The van der Waals surface area contributed by atoms with E-state index in [9.17, 15) is 38.4 Å². The van der Waals surface area contributed by atoms with Gasteiger partial charge < -0.3 is 53.3 Å². The Kier molecular flexibility index (Phi) is 14.5. The standard InChI is InChI=1S/C28H40N2O17/c1-11(31)29-21-26(43-17(7)37)24(20(10-40-14(4)34)45-27(21)44-18(8)38)47-28-22(30-12(2)32)25(42-16(6)36)23(41-15(5)35)19(46-28)9-39-13(3)33/h19-28H,9-10H2,1-8H3,(H,29,31)(H,30,32)/t19-,20-,21-,22-,23-,24-,25+,26+,27-,28+/m1/s1. The first-order valence-electron chi connectivity index (χ1n) is 14.4. The quantitative estimate of drug-likeness (QED) is 0.173. The summed E-state index contributed by atoms with van der Waals surface area (Å²) in [4.78, 5) is 96.7. The number of carbonyl (C=O) groups excluding carboxylic acids is 8. The summed E-state index contributed by atoms with van der Waals surface area (Å²) in [7, 11) is 0. The van der Waals surface area contributed by atoms with Crippen molar-refractivity contribution in [1.29, 1.82) is 0 Å². The normalized spacial score (nSPS) is 30.0. The van der Waals surface area contributed by atoms with Crippen LogP contribution in [0.15, 0.2) is 0 Å². The Labute approximate surface area is 269 Å². The predicted octanol–water partition coefficient (Wildman–Crippen LogP) is -1.68. The zero-order chi connectivity index (χ0) is 35.6. The second kappa shape index (κ2) is 17.5. The Balaban J connectivity index is 2.73. The summed E-state index contributed by atoms with van der Waals surface area (Å²) in [6.07, 6.45) is -12.1. The van der Waals surface area contributed by atoms with Gasteiger partial charge in [0.05, 0.1) is 0 Å². The van der Waals surface area contributed by atoms with Crippen LogP contribution in [-0.2, 0) is 81.0 Å². The van der Waals surface area contributed by atoms with Gasteiger partial charge in [-0.15, -0.1) is 0 Å². The van der Waals surface area contributed by atoms with E-state index in [1.165, 1.54) is 0 Å². The highest BCUT2D eigenvalue weighted by Gasteiger charge is 2.56. The number of carbonyl (C=O) groups is 8. The van der Waals surface area contributed by atoms with Gasteiger partial charge in [0.1, 0.15) is 43.6 Å². The number of ether oxygens (including phenoxy) is 9. The number of hydrogen-bond acceptors (Lipinski definition) is 17. The third-order valence-electron chi connectivity index (χ3n) is 6.41. The van der Waals surface area contributed by atoms with Gasteiger partial charge in [0.2, 0.25) is 18.1 Å². The highest BCUT2D eigenvalue weighted by Crippen LogP contribution is 2.33. The molecule has 0 bridgehead atoms. The van der Waals surface area contributed by atoms with E-state index >= 15 is 0 Å². The molecule has 47 heavy (non-hydrogen) atoms. The van der Waals surface area contributed by atoms with Crippen LogP contribution in [-0.4, -0.2) is 122 Å². The molecule has 2 rings (SSSR count). The number of amides is 2. The first-order valence-corrected chi connectivity index (χ1v) is 14.4. The van der Waals surface area contributed by atoms with E-state index in [0.717, 1.165) is 55.4 Å². The summed E-state index contributed by atoms with van der Waals surface area (Å²) >= 11 is 0. The third kappa shape index (κ3) is 12.1. The molecule has 264 valence electrons. The first-order chi connectivity index (χ1) is 21.9. The molecule has 2 aliphatic heterocycles. The fraction of sp³-hybridized carbons (Fsp3) is 0.714. The van der Waals surface area contributed by atoms with Crippen LogP contribution in [0.25, 0.3) is 0 Å². The summed E-state index contributed by atoms with van der Waals surface area (Å²) in [6, 6.07) is -2.86. The fourth-order valence-corrected chi connectivity index (χ4v) is 4.95. The molecule has 0 unspecified atom stereocenters. The molecule has 10 atom stereocenters. The largest absolute Gasteiger partial charge is 0.463 e. The van der Waals surface area contributed by atoms with Crippen LogP contribution < -0.4 is 10.6 Å². The van der Waals surface area contributed by atoms with Crippen molar-refractivity contribution >= 4 is 47.6 Å².